The van der Waals surface area contributed by atoms with Gasteiger partial charge in [-0.25, -0.2) is 4.79 Å². The summed E-state index contributed by atoms with van der Waals surface area (Å²) in [6.45, 7) is 7.73. The van der Waals surface area contributed by atoms with Crippen molar-refractivity contribution in [2.75, 3.05) is 72.7 Å². The zero-order chi connectivity index (χ0) is 32.7. The first-order chi connectivity index (χ1) is 22.1. The molecule has 2 saturated heterocycles. The molecule has 2 fully saturated rings. The number of morpholine rings is 1. The zero-order valence-electron chi connectivity index (χ0n) is 25.7. The van der Waals surface area contributed by atoms with E-state index in [2.05, 4.69) is 37.6 Å². The molecule has 1 amide bonds. The molecule has 14 heteroatoms. The normalized spacial score (nSPS) is 21.8. The van der Waals surface area contributed by atoms with Gasteiger partial charge in [0, 0.05) is 69.0 Å². The minimum Gasteiger partial charge on any atom is -0.497 e. The van der Waals surface area contributed by atoms with Crippen molar-refractivity contribution >= 4 is 22.8 Å². The van der Waals surface area contributed by atoms with Gasteiger partial charge < -0.3 is 34.9 Å². The molecule has 1 spiro atoms. The van der Waals surface area contributed by atoms with Crippen molar-refractivity contribution in [3.8, 4) is 11.5 Å². The summed E-state index contributed by atoms with van der Waals surface area (Å²) in [5.41, 5.74) is 3.73. The maximum atomic E-state index is 12.7. The molecule has 2 aromatic carbocycles. The van der Waals surface area contributed by atoms with Crippen molar-refractivity contribution in [2.24, 2.45) is 0 Å². The fraction of sp³-hybridized carbons (Fsp3) is 0.500. The van der Waals surface area contributed by atoms with Gasteiger partial charge in [-0.1, -0.05) is 18.2 Å². The number of aromatic nitrogens is 1. The molecule has 0 bridgehead atoms. The number of carbonyl (C=O) groups is 2. The van der Waals surface area contributed by atoms with Gasteiger partial charge in [-0.2, -0.15) is 13.2 Å². The number of benzene rings is 2. The number of halogens is 3. The average molecular weight is 648 g/mol. The van der Waals surface area contributed by atoms with Crippen LogP contribution in [0.2, 0.25) is 0 Å². The summed E-state index contributed by atoms with van der Waals surface area (Å²) < 4.78 is 48.9. The Morgan fingerprint density at radius 2 is 1.91 bits per heavy atom. The Kier molecular flexibility index (Phi) is 10.7. The van der Waals surface area contributed by atoms with E-state index in [-0.39, 0.29) is 11.4 Å². The third-order valence-electron chi connectivity index (χ3n) is 8.71. The molecule has 3 aromatic rings. The molecule has 0 radical (unpaired) electrons. The van der Waals surface area contributed by atoms with E-state index in [1.165, 1.54) is 16.6 Å². The van der Waals surface area contributed by atoms with Crippen LogP contribution in [0.25, 0.3) is 10.9 Å². The Balaban J connectivity index is 0.000000537. The Morgan fingerprint density at radius 1 is 1.13 bits per heavy atom. The molecule has 2 unspecified atom stereocenters. The van der Waals surface area contributed by atoms with E-state index in [1.807, 2.05) is 36.4 Å². The van der Waals surface area contributed by atoms with Crippen LogP contribution in [0.15, 0.2) is 48.5 Å². The van der Waals surface area contributed by atoms with Gasteiger partial charge >= 0.3 is 12.1 Å². The predicted molar refractivity (Wildman–Crippen MR) is 164 cm³/mol. The molecule has 0 saturated carbocycles. The number of aliphatic carboxylic acids is 1. The molecule has 11 nitrogen and oxygen atoms in total. The molecule has 4 heterocycles. The molecule has 2 atom stereocenters. The van der Waals surface area contributed by atoms with Crippen LogP contribution in [0.4, 0.5) is 13.2 Å². The topological polar surface area (TPSA) is 128 Å². The highest BCUT2D eigenvalue weighted by Gasteiger charge is 2.48. The van der Waals surface area contributed by atoms with Crippen molar-refractivity contribution in [3.63, 3.8) is 0 Å². The third kappa shape index (κ3) is 7.74. The van der Waals surface area contributed by atoms with Gasteiger partial charge in [-0.3, -0.25) is 14.6 Å². The van der Waals surface area contributed by atoms with E-state index in [0.29, 0.717) is 26.3 Å². The highest BCUT2D eigenvalue weighted by molar-refractivity contribution is 5.87. The highest BCUT2D eigenvalue weighted by Crippen LogP contribution is 2.45. The number of fused-ring (bicyclic) bond motifs is 4. The number of hydrogen-bond acceptors (Lipinski definition) is 8. The summed E-state index contributed by atoms with van der Waals surface area (Å²) in [6.07, 6.45) is -3.50. The molecule has 250 valence electrons. The van der Waals surface area contributed by atoms with E-state index in [4.69, 9.17) is 24.1 Å². The standard InChI is InChI=1S/C30H39N5O4.C2HF3O2/c1-37-23-7-8-26-25(19-23)24-9-13-35(15-11-32-29(36)27-20-31-12-17-39-27)30(28(24)33-26)10-14-34(21-30)16-18-38-22-5-3-2-4-6-22;3-2(4,5)1(6)7/h2-8,19,27,31,33H,9-18,20-21H2,1H3,(H,32,36);(H,6,7). The molecule has 46 heavy (non-hydrogen) atoms. The molecule has 3 aliphatic heterocycles. The van der Waals surface area contributed by atoms with E-state index in [1.54, 1.807) is 7.11 Å². The second-order valence-corrected chi connectivity index (χ2v) is 11.5. The molecule has 1 aromatic heterocycles. The van der Waals surface area contributed by atoms with Gasteiger partial charge in [0.25, 0.3) is 5.91 Å². The first-order valence-corrected chi connectivity index (χ1v) is 15.4. The van der Waals surface area contributed by atoms with Gasteiger partial charge in [-0.15, -0.1) is 0 Å². The van der Waals surface area contributed by atoms with Crippen LogP contribution in [0.3, 0.4) is 0 Å². The summed E-state index contributed by atoms with van der Waals surface area (Å²) in [5.74, 6) is -0.996. The molecular formula is C32H40F3N5O6. The fourth-order valence-electron chi connectivity index (χ4n) is 6.45. The SMILES string of the molecule is COc1ccc2[nH]c3c(c2c1)CCN(CCNC(=O)C1CNCCO1)C31CCN(CCOc2ccccc2)C1.O=C(O)C(F)(F)F. The number of rotatable bonds is 9. The van der Waals surface area contributed by atoms with Crippen LogP contribution >= 0.6 is 0 Å². The number of carboxylic acids is 1. The lowest BCUT2D eigenvalue weighted by atomic mass is 9.84. The van der Waals surface area contributed by atoms with E-state index >= 15 is 0 Å². The lowest BCUT2D eigenvalue weighted by molar-refractivity contribution is -0.192. The van der Waals surface area contributed by atoms with E-state index in [0.717, 1.165) is 69.1 Å². The maximum absolute atomic E-state index is 12.7. The number of carbonyl (C=O) groups excluding carboxylic acids is 1. The van der Waals surface area contributed by atoms with Crippen LogP contribution in [0.5, 0.6) is 11.5 Å². The summed E-state index contributed by atoms with van der Waals surface area (Å²) in [5, 5.41) is 14.7. The van der Waals surface area contributed by atoms with Crippen LogP contribution in [0, 0.1) is 0 Å². The van der Waals surface area contributed by atoms with E-state index < -0.39 is 18.2 Å². The number of carboxylic acid groups (broad SMARTS) is 1. The van der Waals surface area contributed by atoms with Gasteiger partial charge in [0.2, 0.25) is 0 Å². The quantitative estimate of drug-likeness (QED) is 0.277. The number of alkyl halides is 3. The Labute approximate surface area is 265 Å². The molecular weight excluding hydrogens is 607 g/mol. The smallest absolute Gasteiger partial charge is 0.490 e. The summed E-state index contributed by atoms with van der Waals surface area (Å²) >= 11 is 0. The fourth-order valence-corrected chi connectivity index (χ4v) is 6.45. The highest BCUT2D eigenvalue weighted by atomic mass is 19.4. The minimum atomic E-state index is -5.08. The number of para-hydroxylation sites is 1. The first kappa shape index (κ1) is 33.5. The van der Waals surface area contributed by atoms with Crippen molar-refractivity contribution in [1.82, 2.24) is 25.4 Å². The van der Waals surface area contributed by atoms with Crippen molar-refractivity contribution in [3.05, 3.63) is 59.8 Å². The number of H-pyrrole nitrogens is 1. The Hall–Kier alpha value is -3.85. The van der Waals surface area contributed by atoms with Crippen LogP contribution in [-0.4, -0.2) is 117 Å². The number of likely N-dealkylation sites (tertiary alicyclic amines) is 1. The number of ether oxygens (including phenoxy) is 3. The molecule has 4 N–H and O–H groups in total. The Morgan fingerprint density at radius 3 is 2.61 bits per heavy atom. The summed E-state index contributed by atoms with van der Waals surface area (Å²) in [7, 11) is 1.72. The Bertz CT molecular complexity index is 1480. The first-order valence-electron chi connectivity index (χ1n) is 15.4. The summed E-state index contributed by atoms with van der Waals surface area (Å²) in [4.78, 5) is 30.5. The number of methoxy groups -OCH3 is 1. The zero-order valence-corrected chi connectivity index (χ0v) is 25.7. The monoisotopic (exact) mass is 647 g/mol. The van der Waals surface area contributed by atoms with Gasteiger partial charge in [0.05, 0.1) is 19.3 Å². The number of hydrogen-bond donors (Lipinski definition) is 4. The second-order valence-electron chi connectivity index (χ2n) is 11.5. The maximum Gasteiger partial charge on any atom is 0.490 e. The average Bonchev–Trinajstić information content (AvgIpc) is 3.65. The molecule has 3 aliphatic rings. The van der Waals surface area contributed by atoms with E-state index in [9.17, 15) is 18.0 Å². The number of aromatic amines is 1. The predicted octanol–water partition coefficient (Wildman–Crippen LogP) is 2.75. The number of nitrogens with zero attached hydrogens (tertiary/aromatic N) is 2. The largest absolute Gasteiger partial charge is 0.497 e. The minimum absolute atomic E-state index is 0.0298. The molecule has 0 aliphatic carbocycles. The number of nitrogens with one attached hydrogen (secondary N) is 3. The van der Waals surface area contributed by atoms with Gasteiger partial charge in [-0.05, 0) is 48.7 Å². The molecule has 6 rings (SSSR count). The lowest BCUT2D eigenvalue weighted by Gasteiger charge is -2.45. The van der Waals surface area contributed by atoms with Crippen molar-refractivity contribution in [1.29, 1.82) is 0 Å². The van der Waals surface area contributed by atoms with Crippen molar-refractivity contribution < 1.29 is 42.1 Å². The number of amides is 1. The second kappa shape index (κ2) is 14.7. The third-order valence-corrected chi connectivity index (χ3v) is 8.71. The van der Waals surface area contributed by atoms with Crippen molar-refractivity contribution in [2.45, 2.75) is 30.7 Å². The summed E-state index contributed by atoms with van der Waals surface area (Å²) in [6, 6.07) is 16.3. The van der Waals surface area contributed by atoms with Crippen LogP contribution in [0.1, 0.15) is 17.7 Å². The lowest BCUT2D eigenvalue weighted by Crippen LogP contribution is -2.55. The van der Waals surface area contributed by atoms with Gasteiger partial charge in [0.1, 0.15) is 24.2 Å². The van der Waals surface area contributed by atoms with Crippen LogP contribution < -0.4 is 20.1 Å². The van der Waals surface area contributed by atoms with Crippen LogP contribution in [-0.2, 0) is 26.3 Å². The van der Waals surface area contributed by atoms with Gasteiger partial charge in [0.15, 0.2) is 0 Å².